The van der Waals surface area contributed by atoms with Crippen molar-refractivity contribution in [3.05, 3.63) is 59.2 Å². The monoisotopic (exact) mass is 400 g/mol. The summed E-state index contributed by atoms with van der Waals surface area (Å²) in [6.45, 7) is 3.94. The maximum Gasteiger partial charge on any atom is 0.252 e. The molecule has 0 aromatic heterocycles. The van der Waals surface area contributed by atoms with E-state index in [0.29, 0.717) is 11.3 Å². The van der Waals surface area contributed by atoms with Crippen LogP contribution >= 0.6 is 34.8 Å². The highest BCUT2D eigenvalue weighted by atomic mass is 35.6. The van der Waals surface area contributed by atoms with Crippen LogP contribution in [0.5, 0.6) is 5.75 Å². The van der Waals surface area contributed by atoms with Crippen molar-refractivity contribution in [1.82, 2.24) is 5.32 Å². The van der Waals surface area contributed by atoms with Crippen molar-refractivity contribution in [2.75, 3.05) is 12.4 Å². The van der Waals surface area contributed by atoms with Crippen molar-refractivity contribution in [1.29, 1.82) is 0 Å². The van der Waals surface area contributed by atoms with Gasteiger partial charge < -0.3 is 15.4 Å². The van der Waals surface area contributed by atoms with Gasteiger partial charge in [0.1, 0.15) is 11.9 Å². The van der Waals surface area contributed by atoms with E-state index in [2.05, 4.69) is 10.6 Å². The second-order valence-corrected chi connectivity index (χ2v) is 8.01. The summed E-state index contributed by atoms with van der Waals surface area (Å²) in [4.78, 5) is 12.5. The number of carbonyl (C=O) groups is 1. The predicted molar refractivity (Wildman–Crippen MR) is 104 cm³/mol. The van der Waals surface area contributed by atoms with Crippen molar-refractivity contribution in [2.24, 2.45) is 0 Å². The largest absolute Gasteiger partial charge is 0.497 e. The quantitative estimate of drug-likeness (QED) is 0.556. The lowest BCUT2D eigenvalue weighted by atomic mass is 10.1. The molecule has 2 aromatic carbocycles. The number of anilines is 1. The molecule has 0 aliphatic heterocycles. The lowest BCUT2D eigenvalue weighted by Gasteiger charge is -2.28. The average Bonchev–Trinajstić information content (AvgIpc) is 2.55. The second kappa shape index (κ2) is 8.17. The SMILES string of the molecule is COc1ccc(C(=O)N[C@H](Nc2ccc(C)cc2C)C(Cl)(Cl)Cl)cc1. The number of benzene rings is 2. The van der Waals surface area contributed by atoms with E-state index in [1.54, 1.807) is 31.4 Å². The molecule has 1 amide bonds. The number of amides is 1. The molecule has 0 bridgehead atoms. The molecule has 0 saturated carbocycles. The third-order valence-electron chi connectivity index (χ3n) is 3.64. The Bertz CT molecular complexity index is 743. The molecule has 7 heteroatoms. The molecule has 1 atom stereocenters. The van der Waals surface area contributed by atoms with E-state index in [9.17, 15) is 4.79 Å². The van der Waals surface area contributed by atoms with Gasteiger partial charge in [-0.15, -0.1) is 0 Å². The van der Waals surface area contributed by atoms with Crippen LogP contribution in [0.2, 0.25) is 0 Å². The summed E-state index contributed by atoms with van der Waals surface area (Å²) in [7, 11) is 1.56. The van der Waals surface area contributed by atoms with Gasteiger partial charge in [-0.3, -0.25) is 4.79 Å². The van der Waals surface area contributed by atoms with E-state index in [1.807, 2.05) is 32.0 Å². The number of ether oxygens (including phenoxy) is 1. The molecule has 25 heavy (non-hydrogen) atoms. The fourth-order valence-corrected chi connectivity index (χ4v) is 2.61. The van der Waals surface area contributed by atoms with Crippen LogP contribution < -0.4 is 15.4 Å². The first-order valence-electron chi connectivity index (χ1n) is 7.56. The highest BCUT2D eigenvalue weighted by Crippen LogP contribution is 2.32. The maximum atomic E-state index is 12.5. The number of methoxy groups -OCH3 is 1. The fraction of sp³-hybridized carbons (Fsp3) is 0.278. The smallest absolute Gasteiger partial charge is 0.252 e. The Kier molecular flexibility index (Phi) is 6.44. The van der Waals surface area contributed by atoms with Gasteiger partial charge in [-0.2, -0.15) is 0 Å². The summed E-state index contributed by atoms with van der Waals surface area (Å²) in [5.41, 5.74) is 3.31. The Morgan fingerprint density at radius 2 is 1.72 bits per heavy atom. The van der Waals surface area contributed by atoms with Crippen LogP contribution in [-0.4, -0.2) is 23.0 Å². The third-order valence-corrected chi connectivity index (χ3v) is 4.29. The van der Waals surface area contributed by atoms with Crippen LogP contribution in [-0.2, 0) is 0 Å². The Labute approximate surface area is 162 Å². The topological polar surface area (TPSA) is 50.4 Å². The lowest BCUT2D eigenvalue weighted by molar-refractivity contribution is 0.0942. The maximum absolute atomic E-state index is 12.5. The minimum atomic E-state index is -1.74. The summed E-state index contributed by atoms with van der Waals surface area (Å²) >= 11 is 18.1. The first-order valence-corrected chi connectivity index (χ1v) is 8.69. The molecule has 134 valence electrons. The lowest BCUT2D eigenvalue weighted by Crippen LogP contribution is -2.49. The zero-order chi connectivity index (χ0) is 18.6. The van der Waals surface area contributed by atoms with Crippen molar-refractivity contribution in [2.45, 2.75) is 23.8 Å². The summed E-state index contributed by atoms with van der Waals surface area (Å²) in [5.74, 6) is 0.291. The number of halogens is 3. The van der Waals surface area contributed by atoms with Crippen molar-refractivity contribution >= 4 is 46.4 Å². The van der Waals surface area contributed by atoms with Gasteiger partial charge in [0, 0.05) is 11.3 Å². The minimum absolute atomic E-state index is 0.365. The molecule has 0 radical (unpaired) electrons. The van der Waals surface area contributed by atoms with E-state index in [1.165, 1.54) is 0 Å². The second-order valence-electron chi connectivity index (χ2n) is 5.64. The fourth-order valence-electron chi connectivity index (χ4n) is 2.29. The zero-order valence-corrected chi connectivity index (χ0v) is 16.3. The third kappa shape index (κ3) is 5.43. The Morgan fingerprint density at radius 3 is 2.24 bits per heavy atom. The molecule has 0 aliphatic rings. The first-order chi connectivity index (χ1) is 11.7. The normalized spacial score (nSPS) is 12.4. The van der Waals surface area contributed by atoms with Crippen LogP contribution in [0.15, 0.2) is 42.5 Å². The van der Waals surface area contributed by atoms with Crippen LogP contribution in [0.25, 0.3) is 0 Å². The molecule has 0 spiro atoms. The number of carbonyl (C=O) groups excluding carboxylic acids is 1. The molecule has 0 aliphatic carbocycles. The van der Waals surface area contributed by atoms with Crippen LogP contribution in [0, 0.1) is 13.8 Å². The highest BCUT2D eigenvalue weighted by molar-refractivity contribution is 6.68. The van der Waals surface area contributed by atoms with E-state index in [-0.39, 0.29) is 5.91 Å². The molecule has 0 unspecified atom stereocenters. The van der Waals surface area contributed by atoms with Gasteiger partial charge in [0.05, 0.1) is 7.11 Å². The number of alkyl halides is 3. The molecule has 4 nitrogen and oxygen atoms in total. The van der Waals surface area contributed by atoms with Crippen molar-refractivity contribution < 1.29 is 9.53 Å². The number of aryl methyl sites for hydroxylation is 2. The summed E-state index contributed by atoms with van der Waals surface area (Å²) < 4.78 is 3.34. The summed E-state index contributed by atoms with van der Waals surface area (Å²) in [6.07, 6.45) is -0.909. The Balaban J connectivity index is 2.18. The predicted octanol–water partition coefficient (Wildman–Crippen LogP) is 4.85. The number of hydrogen-bond acceptors (Lipinski definition) is 3. The van der Waals surface area contributed by atoms with Crippen molar-refractivity contribution in [3.63, 3.8) is 0 Å². The molecular formula is C18H19Cl3N2O2. The van der Waals surface area contributed by atoms with Gasteiger partial charge in [0.15, 0.2) is 0 Å². The van der Waals surface area contributed by atoms with E-state index < -0.39 is 9.96 Å². The highest BCUT2D eigenvalue weighted by Gasteiger charge is 2.34. The molecule has 0 saturated heterocycles. The zero-order valence-electron chi connectivity index (χ0n) is 14.1. The Morgan fingerprint density at radius 1 is 1.08 bits per heavy atom. The van der Waals surface area contributed by atoms with Crippen LogP contribution in [0.4, 0.5) is 5.69 Å². The van der Waals surface area contributed by atoms with Crippen molar-refractivity contribution in [3.8, 4) is 5.75 Å². The van der Waals surface area contributed by atoms with Gasteiger partial charge in [-0.05, 0) is 49.7 Å². The number of nitrogens with one attached hydrogen (secondary N) is 2. The van der Waals surface area contributed by atoms with Gasteiger partial charge >= 0.3 is 0 Å². The van der Waals surface area contributed by atoms with Gasteiger partial charge in [-0.1, -0.05) is 52.5 Å². The Hall–Kier alpha value is -1.62. The molecule has 0 fully saturated rings. The van der Waals surface area contributed by atoms with Crippen LogP contribution in [0.3, 0.4) is 0 Å². The van der Waals surface area contributed by atoms with E-state index >= 15 is 0 Å². The molecule has 2 aromatic rings. The van der Waals surface area contributed by atoms with E-state index in [4.69, 9.17) is 39.5 Å². The van der Waals surface area contributed by atoms with Gasteiger partial charge in [0.2, 0.25) is 3.79 Å². The summed E-state index contributed by atoms with van der Waals surface area (Å²) in [5, 5.41) is 5.80. The average molecular weight is 402 g/mol. The van der Waals surface area contributed by atoms with Gasteiger partial charge in [-0.25, -0.2) is 0 Å². The molecule has 2 rings (SSSR count). The standard InChI is InChI=1S/C18H19Cl3N2O2/c1-11-4-9-15(12(2)10-11)22-17(18(19,20)21)23-16(24)13-5-7-14(25-3)8-6-13/h4-10,17,22H,1-3H3,(H,23,24)/t17-/m0/s1. The number of hydrogen-bond donors (Lipinski definition) is 2. The minimum Gasteiger partial charge on any atom is -0.497 e. The van der Waals surface area contributed by atoms with E-state index in [0.717, 1.165) is 16.8 Å². The first kappa shape index (κ1) is 19.7. The number of rotatable bonds is 5. The van der Waals surface area contributed by atoms with Gasteiger partial charge in [0.25, 0.3) is 5.91 Å². The molecule has 0 heterocycles. The molecule has 2 N–H and O–H groups in total. The summed E-state index contributed by atoms with van der Waals surface area (Å²) in [6, 6.07) is 12.5. The van der Waals surface area contributed by atoms with Crippen LogP contribution in [0.1, 0.15) is 21.5 Å². The molecular weight excluding hydrogens is 383 g/mol.